The SMILES string of the molecule is CCCCCCCCCCCCCCCCCCCCC(=O)O[C@@H](COC(=O)CCCCCCCCCCCCCCC(C)C)COC(=O)CCCCCCCCCC(C)C. The number of unbranched alkanes of at least 4 members (excludes halogenated alkanes) is 34. The summed E-state index contributed by atoms with van der Waals surface area (Å²) < 4.78 is 16.8. The van der Waals surface area contributed by atoms with Crippen molar-refractivity contribution in [2.45, 2.75) is 310 Å². The molecule has 0 aliphatic heterocycles. The zero-order valence-corrected chi connectivity index (χ0v) is 41.8. The van der Waals surface area contributed by atoms with E-state index in [1.54, 1.807) is 0 Å². The first-order chi connectivity index (χ1) is 29.7. The highest BCUT2D eigenvalue weighted by Gasteiger charge is 2.19. The summed E-state index contributed by atoms with van der Waals surface area (Å²) in [5.74, 6) is 0.767. The lowest BCUT2D eigenvalue weighted by Crippen LogP contribution is -2.30. The van der Waals surface area contributed by atoms with Crippen molar-refractivity contribution in [3.8, 4) is 0 Å². The normalized spacial score (nSPS) is 12.0. The second kappa shape index (κ2) is 47.9. The Morgan fingerprint density at radius 1 is 0.311 bits per heavy atom. The van der Waals surface area contributed by atoms with Gasteiger partial charge in [-0.25, -0.2) is 0 Å². The van der Waals surface area contributed by atoms with Gasteiger partial charge >= 0.3 is 17.9 Å². The summed E-state index contributed by atoms with van der Waals surface area (Å²) in [5, 5.41) is 0. The maximum Gasteiger partial charge on any atom is 0.306 e. The maximum absolute atomic E-state index is 12.8. The molecule has 6 heteroatoms. The zero-order valence-electron chi connectivity index (χ0n) is 41.8. The van der Waals surface area contributed by atoms with Gasteiger partial charge in [-0.15, -0.1) is 0 Å². The lowest BCUT2D eigenvalue weighted by atomic mass is 10.0. The molecular weight excluding hydrogens is 757 g/mol. The van der Waals surface area contributed by atoms with Crippen LogP contribution in [0.2, 0.25) is 0 Å². The molecule has 0 aliphatic carbocycles. The van der Waals surface area contributed by atoms with Crippen LogP contribution in [0.5, 0.6) is 0 Å². The summed E-state index contributed by atoms with van der Waals surface area (Å²) >= 11 is 0. The molecule has 0 aliphatic rings. The van der Waals surface area contributed by atoms with Crippen LogP contribution < -0.4 is 0 Å². The van der Waals surface area contributed by atoms with Crippen molar-refractivity contribution >= 4 is 17.9 Å². The first-order valence-corrected chi connectivity index (χ1v) is 27.2. The minimum atomic E-state index is -0.762. The van der Waals surface area contributed by atoms with Crippen molar-refractivity contribution in [3.05, 3.63) is 0 Å². The fraction of sp³-hybridized carbons (Fsp3) is 0.945. The molecule has 0 N–H and O–H groups in total. The molecule has 0 heterocycles. The number of carbonyl (C=O) groups is 3. The minimum Gasteiger partial charge on any atom is -0.462 e. The van der Waals surface area contributed by atoms with Crippen LogP contribution >= 0.6 is 0 Å². The highest BCUT2D eigenvalue weighted by molar-refractivity contribution is 5.71. The number of hydrogen-bond donors (Lipinski definition) is 0. The molecule has 6 nitrogen and oxygen atoms in total. The summed E-state index contributed by atoms with van der Waals surface area (Å²) in [6.45, 7) is 11.3. The van der Waals surface area contributed by atoms with Crippen molar-refractivity contribution < 1.29 is 28.6 Å². The van der Waals surface area contributed by atoms with Crippen LogP contribution in [0.4, 0.5) is 0 Å². The first kappa shape index (κ1) is 59.4. The van der Waals surface area contributed by atoms with Crippen molar-refractivity contribution in [1.29, 1.82) is 0 Å². The molecule has 0 amide bonds. The van der Waals surface area contributed by atoms with Crippen molar-refractivity contribution in [3.63, 3.8) is 0 Å². The molecular formula is C55H106O6. The van der Waals surface area contributed by atoms with Gasteiger partial charge in [0.25, 0.3) is 0 Å². The van der Waals surface area contributed by atoms with Crippen molar-refractivity contribution in [2.75, 3.05) is 13.2 Å². The van der Waals surface area contributed by atoms with Crippen LogP contribution in [0.3, 0.4) is 0 Å². The Labute approximate surface area is 380 Å². The standard InChI is InChI=1S/C55H106O6/c1-6-7-8-9-10-11-12-13-14-15-16-17-18-23-26-31-37-42-47-55(58)61-52(49-60-54(57)46-41-36-32-27-29-34-39-44-51(4)5)48-59-53(56)45-40-35-30-25-22-20-19-21-24-28-33-38-43-50(2)3/h50-52H,6-49H2,1-5H3/t52-/m0/s1. The number of carbonyl (C=O) groups excluding carboxylic acids is 3. The predicted molar refractivity (Wildman–Crippen MR) is 261 cm³/mol. The molecule has 0 bridgehead atoms. The molecule has 0 aromatic rings. The monoisotopic (exact) mass is 863 g/mol. The summed E-state index contributed by atoms with van der Waals surface area (Å²) in [5.41, 5.74) is 0. The number of esters is 3. The van der Waals surface area contributed by atoms with Gasteiger partial charge in [0.05, 0.1) is 0 Å². The summed E-state index contributed by atoms with van der Waals surface area (Å²) in [6, 6.07) is 0. The number of hydrogen-bond acceptors (Lipinski definition) is 6. The Bertz CT molecular complexity index is 931. The molecule has 0 unspecified atom stereocenters. The second-order valence-electron chi connectivity index (χ2n) is 19.8. The Hall–Kier alpha value is -1.59. The Morgan fingerprint density at radius 3 is 0.803 bits per heavy atom. The molecule has 0 spiro atoms. The van der Waals surface area contributed by atoms with Crippen LogP contribution in [0.25, 0.3) is 0 Å². The van der Waals surface area contributed by atoms with Gasteiger partial charge in [0.15, 0.2) is 6.10 Å². The molecule has 1 atom stereocenters. The zero-order chi connectivity index (χ0) is 44.7. The van der Waals surface area contributed by atoms with E-state index in [0.29, 0.717) is 19.3 Å². The van der Waals surface area contributed by atoms with Gasteiger partial charge < -0.3 is 14.2 Å². The predicted octanol–water partition coefficient (Wildman–Crippen LogP) is 17.7. The van der Waals surface area contributed by atoms with Crippen LogP contribution in [0.15, 0.2) is 0 Å². The van der Waals surface area contributed by atoms with E-state index in [4.69, 9.17) is 14.2 Å². The Kier molecular flexibility index (Phi) is 46.6. The third-order valence-corrected chi connectivity index (χ3v) is 12.5. The van der Waals surface area contributed by atoms with Gasteiger partial charge in [-0.05, 0) is 31.1 Å². The number of rotatable bonds is 49. The van der Waals surface area contributed by atoms with Gasteiger partial charge in [0, 0.05) is 19.3 Å². The van der Waals surface area contributed by atoms with E-state index < -0.39 is 6.10 Å². The smallest absolute Gasteiger partial charge is 0.306 e. The highest BCUT2D eigenvalue weighted by atomic mass is 16.6. The summed E-state index contributed by atoms with van der Waals surface area (Å²) in [7, 11) is 0. The average molecular weight is 863 g/mol. The van der Waals surface area contributed by atoms with E-state index in [-0.39, 0.29) is 31.1 Å². The van der Waals surface area contributed by atoms with Crippen LogP contribution in [-0.4, -0.2) is 37.2 Å². The van der Waals surface area contributed by atoms with Gasteiger partial charge in [-0.3, -0.25) is 14.4 Å². The van der Waals surface area contributed by atoms with E-state index >= 15 is 0 Å². The fourth-order valence-corrected chi connectivity index (χ4v) is 8.34. The minimum absolute atomic E-state index is 0.0640. The van der Waals surface area contributed by atoms with Crippen LogP contribution in [0.1, 0.15) is 304 Å². The molecule has 0 saturated heterocycles. The lowest BCUT2D eigenvalue weighted by Gasteiger charge is -2.18. The Morgan fingerprint density at radius 2 is 0.541 bits per heavy atom. The van der Waals surface area contributed by atoms with E-state index in [1.165, 1.54) is 193 Å². The van der Waals surface area contributed by atoms with Gasteiger partial charge in [-0.1, -0.05) is 266 Å². The maximum atomic E-state index is 12.8. The van der Waals surface area contributed by atoms with Gasteiger partial charge in [-0.2, -0.15) is 0 Å². The highest BCUT2D eigenvalue weighted by Crippen LogP contribution is 2.18. The van der Waals surface area contributed by atoms with Crippen molar-refractivity contribution in [1.82, 2.24) is 0 Å². The largest absolute Gasteiger partial charge is 0.462 e. The lowest BCUT2D eigenvalue weighted by molar-refractivity contribution is -0.167. The quantitative estimate of drug-likeness (QED) is 0.0344. The average Bonchev–Trinajstić information content (AvgIpc) is 3.23. The van der Waals surface area contributed by atoms with E-state index in [2.05, 4.69) is 34.6 Å². The van der Waals surface area contributed by atoms with E-state index in [1.807, 2.05) is 0 Å². The van der Waals surface area contributed by atoms with Gasteiger partial charge in [0.1, 0.15) is 13.2 Å². The topological polar surface area (TPSA) is 78.9 Å². The van der Waals surface area contributed by atoms with Gasteiger partial charge in [0.2, 0.25) is 0 Å². The van der Waals surface area contributed by atoms with Crippen molar-refractivity contribution in [2.24, 2.45) is 11.8 Å². The van der Waals surface area contributed by atoms with Crippen LogP contribution in [-0.2, 0) is 28.6 Å². The number of ether oxygens (including phenoxy) is 3. The van der Waals surface area contributed by atoms with E-state index in [0.717, 1.165) is 69.6 Å². The molecule has 0 fully saturated rings. The third-order valence-electron chi connectivity index (χ3n) is 12.5. The first-order valence-electron chi connectivity index (χ1n) is 27.2. The van der Waals surface area contributed by atoms with E-state index in [9.17, 15) is 14.4 Å². The Balaban J connectivity index is 4.26. The fourth-order valence-electron chi connectivity index (χ4n) is 8.34. The molecule has 362 valence electrons. The molecule has 0 saturated carbocycles. The molecule has 0 rings (SSSR count). The molecule has 61 heavy (non-hydrogen) atoms. The third kappa shape index (κ3) is 49.3. The molecule has 0 aromatic carbocycles. The summed E-state index contributed by atoms with van der Waals surface area (Å²) in [4.78, 5) is 38.0. The molecule has 0 aromatic heterocycles. The second-order valence-corrected chi connectivity index (χ2v) is 19.8. The van der Waals surface area contributed by atoms with Crippen LogP contribution in [0, 0.1) is 11.8 Å². The summed E-state index contributed by atoms with van der Waals surface area (Å²) in [6.07, 6.45) is 49.6. The molecule has 0 radical (unpaired) electrons.